The summed E-state index contributed by atoms with van der Waals surface area (Å²) in [5.74, 6) is -1.17. The van der Waals surface area contributed by atoms with Crippen LogP contribution in [0.1, 0.15) is 35.3 Å². The van der Waals surface area contributed by atoms with Crippen LogP contribution in [0.25, 0.3) is 5.69 Å². The van der Waals surface area contributed by atoms with Crippen molar-refractivity contribution in [1.29, 1.82) is 0 Å². The Kier molecular flexibility index (Phi) is 4.11. The van der Waals surface area contributed by atoms with E-state index in [1.54, 1.807) is 38.3 Å². The number of benzene rings is 1. The summed E-state index contributed by atoms with van der Waals surface area (Å²) in [6.07, 6.45) is 3.73. The van der Waals surface area contributed by atoms with Crippen LogP contribution >= 0.6 is 0 Å². The fourth-order valence-electron chi connectivity index (χ4n) is 2.86. The lowest BCUT2D eigenvalue weighted by Crippen LogP contribution is -2.50. The molecule has 1 aromatic heterocycles. The van der Waals surface area contributed by atoms with Crippen molar-refractivity contribution in [1.82, 2.24) is 9.78 Å². The molecule has 1 amide bonds. The summed E-state index contributed by atoms with van der Waals surface area (Å²) in [5.41, 5.74) is 1.25. The first-order chi connectivity index (χ1) is 11.5. The number of anilines is 1. The van der Waals surface area contributed by atoms with Gasteiger partial charge in [-0.15, -0.1) is 0 Å². The van der Waals surface area contributed by atoms with Crippen LogP contribution in [-0.4, -0.2) is 39.5 Å². The van der Waals surface area contributed by atoms with Gasteiger partial charge >= 0.3 is 5.97 Å². The zero-order valence-corrected chi connectivity index (χ0v) is 13.6. The molecule has 7 heteroatoms. The van der Waals surface area contributed by atoms with Gasteiger partial charge in [-0.05, 0) is 44.4 Å². The highest BCUT2D eigenvalue weighted by molar-refractivity contribution is 5.98. The number of hydrogen-bond donors (Lipinski definition) is 2. The predicted octanol–water partition coefficient (Wildman–Crippen LogP) is 2.39. The minimum atomic E-state index is -1.02. The number of nitrogens with one attached hydrogen (secondary N) is 1. The van der Waals surface area contributed by atoms with Crippen LogP contribution in [0.2, 0.25) is 0 Å². The Balaban J connectivity index is 1.85. The van der Waals surface area contributed by atoms with Gasteiger partial charge < -0.3 is 15.2 Å². The number of ether oxygens (including phenoxy) is 1. The second kappa shape index (κ2) is 6.09. The van der Waals surface area contributed by atoms with E-state index in [1.165, 1.54) is 10.9 Å². The summed E-state index contributed by atoms with van der Waals surface area (Å²) in [6, 6.07) is 7.12. The average Bonchev–Trinajstić information content (AvgIpc) is 2.89. The van der Waals surface area contributed by atoms with Gasteiger partial charge in [0.2, 0.25) is 0 Å². The van der Waals surface area contributed by atoms with Crippen LogP contribution in [0.4, 0.5) is 5.69 Å². The molecule has 0 saturated heterocycles. The first kappa shape index (κ1) is 16.2. The zero-order chi connectivity index (χ0) is 17.3. The molecular weight excluding hydrogens is 310 g/mol. The summed E-state index contributed by atoms with van der Waals surface area (Å²) in [6.45, 7) is 1.69. The fraction of sp³-hybridized carbons (Fsp3) is 0.353. The molecule has 0 aliphatic heterocycles. The van der Waals surface area contributed by atoms with E-state index in [-0.39, 0.29) is 11.5 Å². The number of carbonyl (C=O) groups excluding carboxylic acids is 1. The SMILES string of the molecule is COC1(C(=O)Nc2cccc(-n3ncc(C(=O)O)c3C)c2)CCC1. The highest BCUT2D eigenvalue weighted by Gasteiger charge is 2.44. The van der Waals surface area contributed by atoms with E-state index in [4.69, 9.17) is 9.84 Å². The minimum Gasteiger partial charge on any atom is -0.478 e. The van der Waals surface area contributed by atoms with Gasteiger partial charge in [0.25, 0.3) is 5.91 Å². The molecule has 0 atom stereocenters. The number of nitrogens with zero attached hydrogens (tertiary/aromatic N) is 2. The number of methoxy groups -OCH3 is 1. The van der Waals surface area contributed by atoms with Crippen molar-refractivity contribution in [2.75, 3.05) is 12.4 Å². The fourth-order valence-corrected chi connectivity index (χ4v) is 2.86. The van der Waals surface area contributed by atoms with Crippen molar-refractivity contribution < 1.29 is 19.4 Å². The van der Waals surface area contributed by atoms with Gasteiger partial charge in [-0.3, -0.25) is 4.79 Å². The van der Waals surface area contributed by atoms with Gasteiger partial charge in [-0.25, -0.2) is 9.48 Å². The molecule has 2 N–H and O–H groups in total. The van der Waals surface area contributed by atoms with Crippen LogP contribution in [0.15, 0.2) is 30.5 Å². The molecule has 0 unspecified atom stereocenters. The van der Waals surface area contributed by atoms with E-state index in [2.05, 4.69) is 10.4 Å². The Labute approximate surface area is 139 Å². The van der Waals surface area contributed by atoms with Gasteiger partial charge in [0.05, 0.1) is 17.6 Å². The first-order valence-corrected chi connectivity index (χ1v) is 7.72. The summed E-state index contributed by atoms with van der Waals surface area (Å²) >= 11 is 0. The van der Waals surface area contributed by atoms with E-state index >= 15 is 0 Å². The molecule has 1 saturated carbocycles. The molecule has 1 aliphatic rings. The van der Waals surface area contributed by atoms with Crippen molar-refractivity contribution in [3.63, 3.8) is 0 Å². The number of aromatic carboxylic acids is 1. The van der Waals surface area contributed by atoms with Crippen LogP contribution in [0, 0.1) is 6.92 Å². The topological polar surface area (TPSA) is 93.5 Å². The largest absolute Gasteiger partial charge is 0.478 e. The van der Waals surface area contributed by atoms with E-state index < -0.39 is 11.6 Å². The van der Waals surface area contributed by atoms with E-state index in [0.29, 0.717) is 17.1 Å². The summed E-state index contributed by atoms with van der Waals surface area (Å²) < 4.78 is 6.91. The summed E-state index contributed by atoms with van der Waals surface area (Å²) in [7, 11) is 1.55. The Morgan fingerprint density at radius 1 is 1.38 bits per heavy atom. The van der Waals surface area contributed by atoms with Gasteiger partial charge in [0.1, 0.15) is 11.2 Å². The Morgan fingerprint density at radius 3 is 2.67 bits per heavy atom. The molecule has 0 bridgehead atoms. The molecule has 7 nitrogen and oxygen atoms in total. The third kappa shape index (κ3) is 2.67. The van der Waals surface area contributed by atoms with Crippen molar-refractivity contribution in [3.05, 3.63) is 41.7 Å². The maximum absolute atomic E-state index is 12.4. The van der Waals surface area contributed by atoms with Crippen LogP contribution in [-0.2, 0) is 9.53 Å². The molecule has 1 aliphatic carbocycles. The number of amides is 1. The zero-order valence-electron chi connectivity index (χ0n) is 13.6. The molecular formula is C17H19N3O4. The molecule has 24 heavy (non-hydrogen) atoms. The summed E-state index contributed by atoms with van der Waals surface area (Å²) in [4.78, 5) is 23.6. The molecule has 2 aromatic rings. The predicted molar refractivity (Wildman–Crippen MR) is 87.5 cm³/mol. The highest BCUT2D eigenvalue weighted by atomic mass is 16.5. The van der Waals surface area contributed by atoms with Crippen molar-refractivity contribution in [2.24, 2.45) is 0 Å². The van der Waals surface area contributed by atoms with Crippen molar-refractivity contribution in [3.8, 4) is 5.69 Å². The average molecular weight is 329 g/mol. The standard InChI is InChI=1S/C17H19N3O4/c1-11-14(15(21)22)10-18-20(11)13-6-3-5-12(9-13)19-16(23)17(24-2)7-4-8-17/h3,5-6,9-10H,4,7-8H2,1-2H3,(H,19,23)(H,21,22). The number of carboxylic acid groups (broad SMARTS) is 1. The summed E-state index contributed by atoms with van der Waals surface area (Å²) in [5, 5.41) is 16.1. The smallest absolute Gasteiger partial charge is 0.339 e. The number of carbonyl (C=O) groups is 2. The number of hydrogen-bond acceptors (Lipinski definition) is 4. The molecule has 126 valence electrons. The normalized spacial score (nSPS) is 15.6. The van der Waals surface area contributed by atoms with Crippen molar-refractivity contribution >= 4 is 17.6 Å². The number of rotatable bonds is 5. The second-order valence-corrected chi connectivity index (χ2v) is 5.92. The first-order valence-electron chi connectivity index (χ1n) is 7.72. The lowest BCUT2D eigenvalue weighted by Gasteiger charge is -2.38. The Hall–Kier alpha value is -2.67. The molecule has 0 spiro atoms. The van der Waals surface area contributed by atoms with Crippen LogP contribution in [0.5, 0.6) is 0 Å². The van der Waals surface area contributed by atoms with Gasteiger partial charge in [0, 0.05) is 12.8 Å². The van der Waals surface area contributed by atoms with Gasteiger partial charge in [-0.1, -0.05) is 6.07 Å². The van der Waals surface area contributed by atoms with Gasteiger partial charge in [0.15, 0.2) is 0 Å². The molecule has 1 fully saturated rings. The van der Waals surface area contributed by atoms with Crippen LogP contribution in [0.3, 0.4) is 0 Å². The molecule has 0 radical (unpaired) electrons. The molecule has 3 rings (SSSR count). The van der Waals surface area contributed by atoms with E-state index in [1.807, 2.05) is 0 Å². The molecule has 1 aromatic carbocycles. The highest BCUT2D eigenvalue weighted by Crippen LogP contribution is 2.36. The van der Waals surface area contributed by atoms with E-state index in [0.717, 1.165) is 19.3 Å². The third-order valence-electron chi connectivity index (χ3n) is 4.55. The number of aromatic nitrogens is 2. The van der Waals surface area contributed by atoms with Gasteiger partial charge in [-0.2, -0.15) is 5.10 Å². The number of carboxylic acids is 1. The minimum absolute atomic E-state index is 0.150. The lowest BCUT2D eigenvalue weighted by atomic mass is 9.79. The van der Waals surface area contributed by atoms with Crippen molar-refractivity contribution in [2.45, 2.75) is 31.8 Å². The Morgan fingerprint density at radius 2 is 2.12 bits per heavy atom. The molecule has 1 heterocycles. The third-order valence-corrected chi connectivity index (χ3v) is 4.55. The second-order valence-electron chi connectivity index (χ2n) is 5.92. The lowest BCUT2D eigenvalue weighted by molar-refractivity contribution is -0.148. The maximum Gasteiger partial charge on any atom is 0.339 e. The quantitative estimate of drug-likeness (QED) is 0.878. The Bertz CT molecular complexity index is 787. The van der Waals surface area contributed by atoms with E-state index in [9.17, 15) is 9.59 Å². The monoisotopic (exact) mass is 329 g/mol. The maximum atomic E-state index is 12.4. The van der Waals surface area contributed by atoms with Crippen LogP contribution < -0.4 is 5.32 Å².